The Hall–Kier alpha value is -1.06. The molecule has 0 aliphatic carbocycles. The maximum absolute atomic E-state index is 10.6. The van der Waals surface area contributed by atoms with Crippen LogP contribution in [0.5, 0.6) is 0 Å². The Morgan fingerprint density at radius 1 is 1.37 bits per heavy atom. The summed E-state index contributed by atoms with van der Waals surface area (Å²) in [4.78, 5) is 29.1. The van der Waals surface area contributed by atoms with Crippen molar-refractivity contribution in [2.45, 2.75) is 6.54 Å². The Kier molecular flexibility index (Phi) is 5.39. The summed E-state index contributed by atoms with van der Waals surface area (Å²) >= 11 is 0. The van der Waals surface area contributed by atoms with Crippen molar-refractivity contribution in [1.82, 2.24) is 19.5 Å². The highest BCUT2D eigenvalue weighted by Gasteiger charge is 2.13. The van der Waals surface area contributed by atoms with Crippen LogP contribution in [0.4, 0.5) is 5.82 Å². The Bertz CT molecular complexity index is 600. The van der Waals surface area contributed by atoms with Crippen LogP contribution in [0.25, 0.3) is 11.2 Å². The van der Waals surface area contributed by atoms with E-state index in [2.05, 4.69) is 15.0 Å². The van der Waals surface area contributed by atoms with Crippen LogP contribution >= 0.6 is 24.6 Å². The largest absolute Gasteiger partial charge is 0.382 e. The first-order chi connectivity index (χ1) is 8.47. The van der Waals surface area contributed by atoms with Crippen molar-refractivity contribution in [1.29, 1.82) is 0 Å². The molecule has 2 heterocycles. The molecule has 0 spiro atoms. The first-order valence-electron chi connectivity index (χ1n) is 5.01. The molecular formula is C8H13BrN5O4P. The van der Waals surface area contributed by atoms with Gasteiger partial charge in [-0.25, -0.2) is 15.0 Å². The molecule has 0 amide bonds. The number of rotatable bonds is 5. The molecule has 2 aromatic rings. The lowest BCUT2D eigenvalue weighted by atomic mass is 10.5. The summed E-state index contributed by atoms with van der Waals surface area (Å²) in [5.41, 5.74) is 6.67. The van der Waals surface area contributed by atoms with E-state index < -0.39 is 13.9 Å². The van der Waals surface area contributed by atoms with Gasteiger partial charge in [0.1, 0.15) is 18.2 Å². The van der Waals surface area contributed by atoms with Crippen molar-refractivity contribution in [3.8, 4) is 0 Å². The number of ether oxygens (including phenoxy) is 1. The molecular weight excluding hydrogens is 341 g/mol. The van der Waals surface area contributed by atoms with Gasteiger partial charge in [0.15, 0.2) is 11.5 Å². The van der Waals surface area contributed by atoms with Gasteiger partial charge < -0.3 is 24.8 Å². The fraction of sp³-hybridized carbons (Fsp3) is 0.375. The second kappa shape index (κ2) is 6.40. The highest BCUT2D eigenvalue weighted by Crippen LogP contribution is 2.33. The number of halogens is 1. The van der Waals surface area contributed by atoms with Crippen LogP contribution in [-0.4, -0.2) is 42.3 Å². The quantitative estimate of drug-likeness (QED) is 0.509. The molecule has 11 heteroatoms. The van der Waals surface area contributed by atoms with Gasteiger partial charge in [-0.15, -0.1) is 17.0 Å². The second-order valence-electron chi connectivity index (χ2n) is 3.57. The van der Waals surface area contributed by atoms with Gasteiger partial charge >= 0.3 is 7.60 Å². The predicted octanol–water partition coefficient (Wildman–Crippen LogP) is 0.138. The SMILES string of the molecule is Br.Nc1ncnc2c1ncn2CCOCP(=O)(O)O. The second-order valence-corrected chi connectivity index (χ2v) is 5.16. The van der Waals surface area contributed by atoms with E-state index in [9.17, 15) is 4.57 Å². The zero-order valence-corrected chi connectivity index (χ0v) is 12.3. The Labute approximate surface area is 118 Å². The summed E-state index contributed by atoms with van der Waals surface area (Å²) in [5, 5.41) is 0. The van der Waals surface area contributed by atoms with Crippen LogP contribution in [0.3, 0.4) is 0 Å². The summed E-state index contributed by atoms with van der Waals surface area (Å²) < 4.78 is 17.1. The molecule has 2 aromatic heterocycles. The van der Waals surface area contributed by atoms with E-state index >= 15 is 0 Å². The normalized spacial score (nSPS) is 11.5. The monoisotopic (exact) mass is 353 g/mol. The van der Waals surface area contributed by atoms with Gasteiger partial charge in [-0.2, -0.15) is 0 Å². The zero-order chi connectivity index (χ0) is 13.2. The topological polar surface area (TPSA) is 136 Å². The number of nitrogens with zero attached hydrogens (tertiary/aromatic N) is 4. The summed E-state index contributed by atoms with van der Waals surface area (Å²) in [6.45, 7) is 0.507. The third-order valence-electron chi connectivity index (χ3n) is 2.17. The van der Waals surface area contributed by atoms with E-state index in [0.29, 0.717) is 17.7 Å². The number of fused-ring (bicyclic) bond motifs is 1. The molecule has 0 aliphatic heterocycles. The maximum atomic E-state index is 10.6. The molecule has 0 bridgehead atoms. The van der Waals surface area contributed by atoms with E-state index in [-0.39, 0.29) is 29.4 Å². The van der Waals surface area contributed by atoms with Gasteiger partial charge in [-0.05, 0) is 0 Å². The summed E-state index contributed by atoms with van der Waals surface area (Å²) in [6, 6.07) is 0. The number of nitrogens with two attached hydrogens (primary N) is 1. The van der Waals surface area contributed by atoms with Gasteiger partial charge in [-0.1, -0.05) is 0 Å². The molecule has 0 fully saturated rings. The maximum Gasteiger partial charge on any atom is 0.350 e. The molecule has 0 unspecified atom stereocenters. The standard InChI is InChI=1S/C8H12N5O4P.BrH/c9-7-6-8(11-3-10-7)13(4-12-6)1-2-17-5-18(14,15)16;/h3-4H,1-2,5H2,(H2,9,10,11)(H2,14,15,16);1H. The van der Waals surface area contributed by atoms with Crippen LogP contribution in [-0.2, 0) is 15.8 Å². The zero-order valence-electron chi connectivity index (χ0n) is 9.71. The third kappa shape index (κ3) is 4.22. The Morgan fingerprint density at radius 2 is 2.11 bits per heavy atom. The minimum atomic E-state index is -4.12. The molecule has 0 saturated heterocycles. The lowest BCUT2D eigenvalue weighted by Gasteiger charge is -2.06. The molecule has 19 heavy (non-hydrogen) atoms. The van der Waals surface area contributed by atoms with Crippen molar-refractivity contribution in [2.24, 2.45) is 0 Å². The molecule has 0 aromatic carbocycles. The number of hydrogen-bond acceptors (Lipinski definition) is 6. The first-order valence-corrected chi connectivity index (χ1v) is 6.81. The number of hydrogen-bond donors (Lipinski definition) is 3. The van der Waals surface area contributed by atoms with E-state index in [1.807, 2.05) is 0 Å². The number of imidazole rings is 1. The van der Waals surface area contributed by atoms with Crippen molar-refractivity contribution in [2.75, 3.05) is 18.7 Å². The molecule has 4 N–H and O–H groups in total. The van der Waals surface area contributed by atoms with Crippen molar-refractivity contribution in [3.05, 3.63) is 12.7 Å². The van der Waals surface area contributed by atoms with Crippen LogP contribution in [0.15, 0.2) is 12.7 Å². The van der Waals surface area contributed by atoms with Crippen molar-refractivity contribution >= 4 is 41.6 Å². The Balaban J connectivity index is 0.00000180. The van der Waals surface area contributed by atoms with E-state index in [4.69, 9.17) is 20.3 Å². The lowest BCUT2D eigenvalue weighted by molar-refractivity contribution is 0.149. The van der Waals surface area contributed by atoms with Crippen LogP contribution in [0.2, 0.25) is 0 Å². The number of nitrogen functional groups attached to an aromatic ring is 1. The molecule has 0 atom stereocenters. The van der Waals surface area contributed by atoms with Crippen molar-refractivity contribution < 1.29 is 19.1 Å². The smallest absolute Gasteiger partial charge is 0.350 e. The average molecular weight is 354 g/mol. The van der Waals surface area contributed by atoms with Crippen LogP contribution in [0, 0.1) is 0 Å². The fourth-order valence-corrected chi connectivity index (χ4v) is 1.78. The molecule has 0 aliphatic rings. The van der Waals surface area contributed by atoms with Crippen molar-refractivity contribution in [3.63, 3.8) is 0 Å². The van der Waals surface area contributed by atoms with Crippen LogP contribution < -0.4 is 5.73 Å². The van der Waals surface area contributed by atoms with Crippen LogP contribution in [0.1, 0.15) is 0 Å². The van der Waals surface area contributed by atoms with Gasteiger partial charge in [0.2, 0.25) is 0 Å². The molecule has 9 nitrogen and oxygen atoms in total. The first kappa shape index (κ1) is 16.0. The van der Waals surface area contributed by atoms with E-state index in [1.54, 1.807) is 4.57 Å². The predicted molar refractivity (Wildman–Crippen MR) is 72.9 cm³/mol. The number of anilines is 1. The third-order valence-corrected chi connectivity index (χ3v) is 2.68. The molecule has 106 valence electrons. The van der Waals surface area contributed by atoms with Gasteiger partial charge in [0.05, 0.1) is 12.9 Å². The lowest BCUT2D eigenvalue weighted by Crippen LogP contribution is -2.07. The van der Waals surface area contributed by atoms with E-state index in [1.165, 1.54) is 12.7 Å². The number of aromatic nitrogens is 4. The van der Waals surface area contributed by atoms with E-state index in [0.717, 1.165) is 0 Å². The molecule has 0 radical (unpaired) electrons. The highest BCUT2D eigenvalue weighted by molar-refractivity contribution is 8.93. The summed E-state index contributed by atoms with van der Waals surface area (Å²) in [7, 11) is -4.12. The molecule has 2 rings (SSSR count). The average Bonchev–Trinajstić information content (AvgIpc) is 2.68. The minimum Gasteiger partial charge on any atom is -0.382 e. The summed E-state index contributed by atoms with van der Waals surface area (Å²) in [5.74, 6) is 0.287. The van der Waals surface area contributed by atoms with Gasteiger partial charge in [0, 0.05) is 6.54 Å². The summed E-state index contributed by atoms with van der Waals surface area (Å²) in [6.07, 6.45) is 2.25. The fourth-order valence-electron chi connectivity index (χ4n) is 1.41. The molecule has 0 saturated carbocycles. The Morgan fingerprint density at radius 3 is 2.79 bits per heavy atom. The van der Waals surface area contributed by atoms with Gasteiger partial charge in [0.25, 0.3) is 0 Å². The van der Waals surface area contributed by atoms with Gasteiger partial charge in [-0.3, -0.25) is 4.57 Å². The minimum absolute atomic E-state index is 0. The highest BCUT2D eigenvalue weighted by atomic mass is 79.9.